The molecule has 0 radical (unpaired) electrons. The zero-order valence-corrected chi connectivity index (χ0v) is 18.5. The maximum absolute atomic E-state index is 13.1. The van der Waals surface area contributed by atoms with Crippen LogP contribution >= 0.6 is 0 Å². The SMILES string of the molecule is CCC1(CC)CC(c2cccc(OC)c2)=NN1C(=O)CCCc1ccc(OC)cc1. The number of aryl methyl sites for hydroxylation is 1. The molecule has 1 heterocycles. The molecule has 0 atom stereocenters. The van der Waals surface area contributed by atoms with Crippen molar-refractivity contribution < 1.29 is 14.3 Å². The van der Waals surface area contributed by atoms with Gasteiger partial charge in [0, 0.05) is 18.4 Å². The Morgan fingerprint density at radius 3 is 2.37 bits per heavy atom. The Bertz CT molecular complexity index is 886. The topological polar surface area (TPSA) is 51.1 Å². The number of methoxy groups -OCH3 is 2. The number of ether oxygens (including phenoxy) is 2. The van der Waals surface area contributed by atoms with Crippen LogP contribution in [0, 0.1) is 0 Å². The third kappa shape index (κ3) is 4.66. The van der Waals surface area contributed by atoms with Crippen LogP contribution < -0.4 is 9.47 Å². The maximum atomic E-state index is 13.1. The van der Waals surface area contributed by atoms with E-state index in [1.54, 1.807) is 19.2 Å². The van der Waals surface area contributed by atoms with Gasteiger partial charge in [0.05, 0.1) is 25.5 Å². The van der Waals surface area contributed by atoms with Crippen LogP contribution in [-0.4, -0.2) is 36.4 Å². The van der Waals surface area contributed by atoms with Gasteiger partial charge in [0.15, 0.2) is 0 Å². The fraction of sp³-hybridized carbons (Fsp3) is 0.440. The zero-order valence-electron chi connectivity index (χ0n) is 18.5. The molecule has 0 saturated carbocycles. The second kappa shape index (κ2) is 9.79. The van der Waals surface area contributed by atoms with Gasteiger partial charge in [0.1, 0.15) is 11.5 Å². The van der Waals surface area contributed by atoms with Gasteiger partial charge in [-0.3, -0.25) is 4.79 Å². The van der Waals surface area contributed by atoms with Gasteiger partial charge in [0.2, 0.25) is 5.91 Å². The fourth-order valence-corrected chi connectivity index (χ4v) is 4.07. The molecule has 0 saturated heterocycles. The molecule has 0 spiro atoms. The highest BCUT2D eigenvalue weighted by molar-refractivity contribution is 6.04. The maximum Gasteiger partial charge on any atom is 0.243 e. The number of benzene rings is 2. The summed E-state index contributed by atoms with van der Waals surface area (Å²) in [6, 6.07) is 16.0. The third-order valence-electron chi connectivity index (χ3n) is 6.14. The van der Waals surface area contributed by atoms with Gasteiger partial charge in [-0.25, -0.2) is 5.01 Å². The van der Waals surface area contributed by atoms with Crippen LogP contribution in [0.15, 0.2) is 53.6 Å². The largest absolute Gasteiger partial charge is 0.497 e. The second-order valence-electron chi connectivity index (χ2n) is 7.79. The van der Waals surface area contributed by atoms with Crippen molar-refractivity contribution in [2.45, 2.75) is 57.9 Å². The van der Waals surface area contributed by atoms with Crippen LogP contribution in [0.3, 0.4) is 0 Å². The molecule has 2 aromatic carbocycles. The minimum atomic E-state index is -0.240. The van der Waals surface area contributed by atoms with Gasteiger partial charge in [-0.2, -0.15) is 5.10 Å². The summed E-state index contributed by atoms with van der Waals surface area (Å²) in [5.74, 6) is 1.75. The van der Waals surface area contributed by atoms with E-state index in [9.17, 15) is 4.79 Å². The number of nitrogens with zero attached hydrogens (tertiary/aromatic N) is 2. The lowest BCUT2D eigenvalue weighted by atomic mass is 9.85. The molecule has 2 aromatic rings. The van der Waals surface area contributed by atoms with E-state index >= 15 is 0 Å². The van der Waals surface area contributed by atoms with Crippen LogP contribution in [0.5, 0.6) is 11.5 Å². The first-order valence-corrected chi connectivity index (χ1v) is 10.7. The fourth-order valence-electron chi connectivity index (χ4n) is 4.07. The minimum Gasteiger partial charge on any atom is -0.497 e. The van der Waals surface area contributed by atoms with Gasteiger partial charge >= 0.3 is 0 Å². The van der Waals surface area contributed by atoms with Crippen molar-refractivity contribution in [3.05, 3.63) is 59.7 Å². The van der Waals surface area contributed by atoms with Gasteiger partial charge in [-0.05, 0) is 55.5 Å². The molecular formula is C25H32N2O3. The second-order valence-corrected chi connectivity index (χ2v) is 7.79. The molecule has 0 unspecified atom stereocenters. The Hall–Kier alpha value is -2.82. The first-order chi connectivity index (χ1) is 14.5. The number of carbonyl (C=O) groups is 1. The Morgan fingerprint density at radius 1 is 1.03 bits per heavy atom. The first-order valence-electron chi connectivity index (χ1n) is 10.7. The van der Waals surface area contributed by atoms with E-state index in [4.69, 9.17) is 14.6 Å². The summed E-state index contributed by atoms with van der Waals surface area (Å²) in [6.45, 7) is 4.29. The van der Waals surface area contributed by atoms with Crippen LogP contribution in [0.2, 0.25) is 0 Å². The van der Waals surface area contributed by atoms with Crippen molar-refractivity contribution in [2.24, 2.45) is 5.10 Å². The van der Waals surface area contributed by atoms with E-state index in [1.807, 2.05) is 36.4 Å². The molecule has 0 N–H and O–H groups in total. The van der Waals surface area contributed by atoms with E-state index < -0.39 is 0 Å². The number of hydrazone groups is 1. The van der Waals surface area contributed by atoms with Crippen molar-refractivity contribution in [1.29, 1.82) is 0 Å². The van der Waals surface area contributed by atoms with Gasteiger partial charge < -0.3 is 9.47 Å². The number of hydrogen-bond donors (Lipinski definition) is 0. The molecule has 5 nitrogen and oxygen atoms in total. The average molecular weight is 409 g/mol. The Morgan fingerprint density at radius 2 is 1.73 bits per heavy atom. The Balaban J connectivity index is 1.71. The van der Waals surface area contributed by atoms with Crippen molar-refractivity contribution in [1.82, 2.24) is 5.01 Å². The highest BCUT2D eigenvalue weighted by Gasteiger charge is 2.43. The lowest BCUT2D eigenvalue weighted by Gasteiger charge is -2.34. The van der Waals surface area contributed by atoms with E-state index in [-0.39, 0.29) is 11.4 Å². The van der Waals surface area contributed by atoms with Crippen LogP contribution in [0.1, 0.15) is 57.1 Å². The van der Waals surface area contributed by atoms with Crippen LogP contribution in [0.25, 0.3) is 0 Å². The van der Waals surface area contributed by atoms with Crippen molar-refractivity contribution in [2.75, 3.05) is 14.2 Å². The number of amides is 1. The molecular weight excluding hydrogens is 376 g/mol. The molecule has 1 amide bonds. The molecule has 0 aliphatic carbocycles. The monoisotopic (exact) mass is 408 g/mol. The normalized spacial score (nSPS) is 15.1. The Labute approximate surface area is 179 Å². The predicted octanol–water partition coefficient (Wildman–Crippen LogP) is 5.22. The summed E-state index contributed by atoms with van der Waals surface area (Å²) in [5, 5.41) is 6.58. The quantitative estimate of drug-likeness (QED) is 0.571. The summed E-state index contributed by atoms with van der Waals surface area (Å²) in [5.41, 5.74) is 2.95. The number of hydrogen-bond acceptors (Lipinski definition) is 4. The predicted molar refractivity (Wildman–Crippen MR) is 120 cm³/mol. The smallest absolute Gasteiger partial charge is 0.243 e. The van der Waals surface area contributed by atoms with Gasteiger partial charge in [0.25, 0.3) is 0 Å². The highest BCUT2D eigenvalue weighted by Crippen LogP contribution is 2.37. The third-order valence-corrected chi connectivity index (χ3v) is 6.14. The van der Waals surface area contributed by atoms with Crippen molar-refractivity contribution in [3.8, 4) is 11.5 Å². The summed E-state index contributed by atoms with van der Waals surface area (Å²) in [7, 11) is 3.33. The molecule has 0 aromatic heterocycles. The molecule has 5 heteroatoms. The molecule has 160 valence electrons. The first kappa shape index (κ1) is 21.9. The zero-order chi connectivity index (χ0) is 21.6. The van der Waals surface area contributed by atoms with E-state index in [2.05, 4.69) is 26.0 Å². The lowest BCUT2D eigenvalue weighted by molar-refractivity contribution is -0.137. The van der Waals surface area contributed by atoms with E-state index in [1.165, 1.54) is 5.56 Å². The summed E-state index contributed by atoms with van der Waals surface area (Å²) in [6.07, 6.45) is 4.69. The van der Waals surface area contributed by atoms with Crippen LogP contribution in [-0.2, 0) is 11.2 Å². The summed E-state index contributed by atoms with van der Waals surface area (Å²) < 4.78 is 10.6. The standard InChI is InChI=1S/C25H32N2O3/c1-5-25(6-2)18-23(20-10-8-11-22(17-20)30-4)26-27(25)24(28)12-7-9-19-13-15-21(29-3)16-14-19/h8,10-11,13-17H,5-7,9,12,18H2,1-4H3. The number of rotatable bonds is 9. The molecule has 0 fully saturated rings. The molecule has 1 aliphatic rings. The summed E-state index contributed by atoms with van der Waals surface area (Å²) in [4.78, 5) is 13.1. The minimum absolute atomic E-state index is 0.102. The average Bonchev–Trinajstić information content (AvgIpc) is 3.20. The van der Waals surface area contributed by atoms with E-state index in [0.29, 0.717) is 6.42 Å². The summed E-state index contributed by atoms with van der Waals surface area (Å²) >= 11 is 0. The molecule has 3 rings (SSSR count). The van der Waals surface area contributed by atoms with Crippen molar-refractivity contribution >= 4 is 11.6 Å². The van der Waals surface area contributed by atoms with Crippen LogP contribution in [0.4, 0.5) is 0 Å². The van der Waals surface area contributed by atoms with Crippen molar-refractivity contribution in [3.63, 3.8) is 0 Å². The lowest BCUT2D eigenvalue weighted by Crippen LogP contribution is -2.45. The van der Waals surface area contributed by atoms with E-state index in [0.717, 1.165) is 54.9 Å². The molecule has 30 heavy (non-hydrogen) atoms. The molecule has 1 aliphatic heterocycles. The number of carbonyl (C=O) groups excluding carboxylic acids is 1. The van der Waals surface area contributed by atoms with Gasteiger partial charge in [-0.1, -0.05) is 38.1 Å². The highest BCUT2D eigenvalue weighted by atomic mass is 16.5. The molecule has 0 bridgehead atoms. The van der Waals surface area contributed by atoms with Gasteiger partial charge in [-0.15, -0.1) is 0 Å². The Kier molecular flexibility index (Phi) is 7.14.